The first-order valence-corrected chi connectivity index (χ1v) is 1.51. The van der Waals surface area contributed by atoms with E-state index >= 15 is 0 Å². The smallest absolute Gasteiger partial charge is 0.229 e. The summed E-state index contributed by atoms with van der Waals surface area (Å²) in [5, 5.41) is 0. The number of hydrogen-bond donors (Lipinski definition) is 1. The molecule has 7 heavy (non-hydrogen) atoms. The van der Waals surface area contributed by atoms with Crippen LogP contribution in [0.2, 0.25) is 0 Å². The fourth-order valence-corrected chi connectivity index (χ4v) is 0.0913. The minimum atomic E-state index is -0.727. The lowest BCUT2D eigenvalue weighted by atomic mass is 10.8. The van der Waals surface area contributed by atoms with Gasteiger partial charge in [-0.1, -0.05) is 0 Å². The third-order valence-electron chi connectivity index (χ3n) is 0.333. The number of ether oxygens (including phenoxy) is 1. The molecule has 0 saturated carbocycles. The predicted molar refractivity (Wildman–Crippen MR) is 20.0 cm³/mol. The highest BCUT2D eigenvalue weighted by Gasteiger charge is 1.79. The van der Waals surface area contributed by atoms with Crippen LogP contribution in [0.5, 0.6) is 0 Å². The van der Waals surface area contributed by atoms with Gasteiger partial charge in [0.2, 0.25) is 5.97 Å². The summed E-state index contributed by atoms with van der Waals surface area (Å²) in [6, 6.07) is 0. The maximum atomic E-state index is 9.86. The van der Waals surface area contributed by atoms with Gasteiger partial charge in [0, 0.05) is 5.53 Å². The summed E-state index contributed by atoms with van der Waals surface area (Å²) in [7, 11) is 1.19. The van der Waals surface area contributed by atoms with Gasteiger partial charge in [-0.3, -0.25) is 4.79 Å². The number of hydrogen-bond acceptors (Lipinski definition) is 3. The second-order valence-corrected chi connectivity index (χ2v) is 0.715. The minimum Gasteiger partial charge on any atom is -0.488 e. The molecule has 4 nitrogen and oxygen atoms in total. The molecule has 0 heterocycles. The highest BCUT2D eigenvalue weighted by Crippen LogP contribution is 1.58. The van der Waals surface area contributed by atoms with E-state index < -0.39 is 5.97 Å². The Bertz CT molecular complexity index is 114. The SMILES string of the molecule is COC(=O)[C-]=[N+]=N. The molecule has 0 atom stereocenters. The van der Waals surface area contributed by atoms with E-state index in [1.807, 2.05) is 0 Å². The molecule has 0 spiro atoms. The van der Waals surface area contributed by atoms with E-state index in [0.717, 1.165) is 0 Å². The summed E-state index contributed by atoms with van der Waals surface area (Å²) in [5.41, 5.74) is 6.05. The van der Waals surface area contributed by atoms with Crippen LogP contribution in [0.1, 0.15) is 0 Å². The van der Waals surface area contributed by atoms with Crippen molar-refractivity contribution in [3.05, 3.63) is 0 Å². The molecule has 0 fully saturated rings. The van der Waals surface area contributed by atoms with Gasteiger partial charge in [-0.05, 0) is 0 Å². The summed E-state index contributed by atoms with van der Waals surface area (Å²) in [6.07, 6.45) is 1.73. The van der Waals surface area contributed by atoms with Crippen LogP contribution in [0.3, 0.4) is 0 Å². The molecule has 38 valence electrons. The molecule has 0 aromatic heterocycles. The van der Waals surface area contributed by atoms with Crippen molar-refractivity contribution in [1.82, 2.24) is 0 Å². The summed E-state index contributed by atoms with van der Waals surface area (Å²) in [4.78, 5) is 12.4. The van der Waals surface area contributed by atoms with E-state index in [0.29, 0.717) is 0 Å². The zero-order valence-electron chi connectivity index (χ0n) is 3.76. The highest BCUT2D eigenvalue weighted by atomic mass is 16.5. The predicted octanol–water partition coefficient (Wildman–Crippen LogP) is -0.654. The van der Waals surface area contributed by atoms with Gasteiger partial charge in [-0.15, -0.1) is 0 Å². The van der Waals surface area contributed by atoms with E-state index in [9.17, 15) is 4.79 Å². The zero-order chi connectivity index (χ0) is 5.70. The molecule has 0 bridgehead atoms. The Morgan fingerprint density at radius 2 is 2.57 bits per heavy atom. The second kappa shape index (κ2) is 3.06. The van der Waals surface area contributed by atoms with Gasteiger partial charge in [0.15, 0.2) is 0 Å². The molecular formula is C3H4N2O2. The van der Waals surface area contributed by atoms with Crippen molar-refractivity contribution >= 4 is 12.2 Å². The van der Waals surface area contributed by atoms with Gasteiger partial charge in [0.25, 0.3) is 0 Å². The molecule has 1 N–H and O–H groups in total. The van der Waals surface area contributed by atoms with Gasteiger partial charge in [-0.25, -0.2) is 0 Å². The quantitative estimate of drug-likeness (QED) is 0.156. The molecule has 4 heteroatoms. The lowest BCUT2D eigenvalue weighted by Crippen LogP contribution is -2.00. The Kier molecular flexibility index (Phi) is 2.55. The third kappa shape index (κ3) is 2.66. The first kappa shape index (κ1) is 5.85. The van der Waals surface area contributed by atoms with Crippen LogP contribution in [0.25, 0.3) is 0 Å². The number of carbonyl (C=O) groups is 1. The average molecular weight is 100 g/mol. The van der Waals surface area contributed by atoms with Gasteiger partial charge in [0.05, 0.1) is 7.11 Å². The van der Waals surface area contributed by atoms with E-state index in [-0.39, 0.29) is 0 Å². The van der Waals surface area contributed by atoms with Crippen molar-refractivity contribution in [2.75, 3.05) is 7.11 Å². The maximum absolute atomic E-state index is 9.86. The summed E-state index contributed by atoms with van der Waals surface area (Å²) in [5.74, 6) is -0.727. The van der Waals surface area contributed by atoms with Crippen LogP contribution in [0, 0.1) is 5.53 Å². The van der Waals surface area contributed by atoms with Crippen molar-refractivity contribution in [2.45, 2.75) is 0 Å². The summed E-state index contributed by atoms with van der Waals surface area (Å²) >= 11 is 0. The van der Waals surface area contributed by atoms with Crippen molar-refractivity contribution in [1.29, 1.82) is 5.53 Å². The molecule has 0 aromatic rings. The topological polar surface area (TPSA) is 64.2 Å². The van der Waals surface area contributed by atoms with Crippen LogP contribution in [0.15, 0.2) is 0 Å². The Morgan fingerprint density at radius 1 is 2.00 bits per heavy atom. The van der Waals surface area contributed by atoms with Crippen LogP contribution in [0.4, 0.5) is 0 Å². The van der Waals surface area contributed by atoms with E-state index in [1.165, 1.54) is 7.11 Å². The summed E-state index contributed by atoms with van der Waals surface area (Å²) < 4.78 is 4.03. The fraction of sp³-hybridized carbons (Fsp3) is 0.333. The van der Waals surface area contributed by atoms with Crippen molar-refractivity contribution in [2.24, 2.45) is 0 Å². The number of carbonyl (C=O) groups excluding carboxylic acids is 1. The van der Waals surface area contributed by atoms with Gasteiger partial charge in [-0.2, -0.15) is 4.79 Å². The van der Waals surface area contributed by atoms with Crippen molar-refractivity contribution < 1.29 is 14.3 Å². The van der Waals surface area contributed by atoms with Crippen LogP contribution in [-0.4, -0.2) is 24.1 Å². The number of rotatable bonds is 1. The van der Waals surface area contributed by atoms with Crippen LogP contribution < -0.4 is 0 Å². The molecule has 0 aliphatic rings. The maximum Gasteiger partial charge on any atom is 0.229 e. The monoisotopic (exact) mass is 100 g/mol. The number of methoxy groups -OCH3 is 1. The van der Waals surface area contributed by atoms with Crippen molar-refractivity contribution in [3.8, 4) is 0 Å². The molecule has 0 aliphatic heterocycles. The Hall–Kier alpha value is -1.15. The van der Waals surface area contributed by atoms with Gasteiger partial charge in [0.1, 0.15) is 6.21 Å². The van der Waals surface area contributed by atoms with Gasteiger partial charge < -0.3 is 4.74 Å². The standard InChI is InChI=1S/C3H4N2O2/c1-7-3(6)2-5-4/h4H,1H3. The average Bonchev–Trinajstić information content (AvgIpc) is 1.68. The van der Waals surface area contributed by atoms with Crippen molar-refractivity contribution in [3.63, 3.8) is 0 Å². The van der Waals surface area contributed by atoms with E-state index in [4.69, 9.17) is 5.53 Å². The molecule has 0 unspecified atom stereocenters. The first-order chi connectivity index (χ1) is 3.31. The number of esters is 1. The largest absolute Gasteiger partial charge is 0.488 e. The molecule has 0 amide bonds. The first-order valence-electron chi connectivity index (χ1n) is 1.51. The molecule has 0 aromatic carbocycles. The normalized spacial score (nSPS) is 6.43. The van der Waals surface area contributed by atoms with E-state index in [2.05, 4.69) is 9.53 Å². The fourth-order valence-electron chi connectivity index (χ4n) is 0.0913. The summed E-state index contributed by atoms with van der Waals surface area (Å²) in [6.45, 7) is 0. The minimum absolute atomic E-state index is 0.727. The molecule has 0 saturated heterocycles. The van der Waals surface area contributed by atoms with Crippen LogP contribution >= 0.6 is 0 Å². The second-order valence-electron chi connectivity index (χ2n) is 0.715. The Morgan fingerprint density at radius 3 is 2.71 bits per heavy atom. The Balaban J connectivity index is 3.58. The number of nitrogens with zero attached hydrogens (tertiary/aromatic N) is 1. The highest BCUT2D eigenvalue weighted by molar-refractivity contribution is 6.20. The molecule has 0 radical (unpaired) electrons. The zero-order valence-corrected chi connectivity index (χ0v) is 3.76. The lowest BCUT2D eigenvalue weighted by molar-refractivity contribution is -0.146. The lowest BCUT2D eigenvalue weighted by Gasteiger charge is -1.86. The molecular weight excluding hydrogens is 96.0 g/mol. The molecule has 0 rings (SSSR count). The molecule has 0 aliphatic carbocycles. The Labute approximate surface area is 40.3 Å². The van der Waals surface area contributed by atoms with Gasteiger partial charge >= 0.3 is 0 Å². The van der Waals surface area contributed by atoms with Crippen LogP contribution in [-0.2, 0) is 9.53 Å². The third-order valence-corrected chi connectivity index (χ3v) is 0.333. The van der Waals surface area contributed by atoms with E-state index in [1.54, 1.807) is 6.21 Å². The number of nitrogens with one attached hydrogen (secondary N) is 1.